The summed E-state index contributed by atoms with van der Waals surface area (Å²) in [6.07, 6.45) is 0.550. The number of hydrogen-bond donors (Lipinski definition) is 2. The molecule has 0 spiro atoms. The quantitative estimate of drug-likeness (QED) is 0.565. The Kier molecular flexibility index (Phi) is 5.48. The maximum atomic E-state index is 12.7. The molecule has 3 aromatic rings. The fraction of sp³-hybridized carbons (Fsp3) is 0.333. The number of fused-ring (bicyclic) bond motifs is 1. The van der Waals surface area contributed by atoms with Gasteiger partial charge in [-0.25, -0.2) is 13.2 Å². The first kappa shape index (κ1) is 21.0. The Morgan fingerprint density at radius 3 is 2.48 bits per heavy atom. The van der Waals surface area contributed by atoms with Crippen molar-refractivity contribution in [2.45, 2.75) is 32.9 Å². The van der Waals surface area contributed by atoms with E-state index in [1.165, 1.54) is 22.5 Å². The number of anilines is 2. The number of aryl methyl sites for hydroxylation is 2. The number of nitrogens with zero attached hydrogens (tertiary/aromatic N) is 3. The summed E-state index contributed by atoms with van der Waals surface area (Å²) in [6.45, 7) is 2.96. The monoisotopic (exact) mass is 444 g/mol. The van der Waals surface area contributed by atoms with E-state index in [1.807, 2.05) is 31.2 Å². The average Bonchev–Trinajstić information content (AvgIpc) is 3.23. The molecular weight excluding hydrogens is 420 g/mol. The highest BCUT2D eigenvalue weighted by Gasteiger charge is 2.29. The lowest BCUT2D eigenvalue weighted by atomic mass is 10.2. The van der Waals surface area contributed by atoms with Gasteiger partial charge < -0.3 is 10.4 Å². The fourth-order valence-corrected chi connectivity index (χ4v) is 5.49. The van der Waals surface area contributed by atoms with Crippen LogP contribution in [0.15, 0.2) is 47.3 Å². The number of para-hydroxylation sites is 2. The minimum Gasteiger partial charge on any atom is -0.506 e. The van der Waals surface area contributed by atoms with Gasteiger partial charge in [-0.15, -0.1) is 0 Å². The van der Waals surface area contributed by atoms with Crippen molar-refractivity contribution in [1.29, 1.82) is 0 Å². The van der Waals surface area contributed by atoms with Crippen LogP contribution in [0.3, 0.4) is 0 Å². The molecule has 0 aliphatic carbocycles. The number of carbonyl (C=O) groups is 1. The first-order valence-electron chi connectivity index (χ1n) is 10.1. The zero-order valence-electron chi connectivity index (χ0n) is 17.1. The number of aromatic nitrogens is 2. The van der Waals surface area contributed by atoms with Crippen LogP contribution < -0.4 is 15.3 Å². The lowest BCUT2D eigenvalue weighted by molar-refractivity contribution is -0.116. The SMILES string of the molecule is CCn1c(=O)n(CCC(=O)Nc2cc(N3CCCS3(=O)=O)ccc2O)c2ccccc21. The van der Waals surface area contributed by atoms with E-state index in [0.29, 0.717) is 25.2 Å². The molecule has 0 bridgehead atoms. The summed E-state index contributed by atoms with van der Waals surface area (Å²) < 4.78 is 28.8. The van der Waals surface area contributed by atoms with E-state index in [9.17, 15) is 23.1 Å². The van der Waals surface area contributed by atoms with Crippen molar-refractivity contribution in [2.24, 2.45) is 0 Å². The Morgan fingerprint density at radius 1 is 1.13 bits per heavy atom. The molecule has 0 radical (unpaired) electrons. The van der Waals surface area contributed by atoms with Crippen molar-refractivity contribution in [3.8, 4) is 5.75 Å². The highest BCUT2D eigenvalue weighted by atomic mass is 32.2. The van der Waals surface area contributed by atoms with Gasteiger partial charge >= 0.3 is 5.69 Å². The molecule has 2 aromatic carbocycles. The van der Waals surface area contributed by atoms with Gasteiger partial charge in [0.05, 0.1) is 28.2 Å². The molecule has 1 saturated heterocycles. The minimum absolute atomic E-state index is 0.0172. The smallest absolute Gasteiger partial charge is 0.329 e. The van der Waals surface area contributed by atoms with E-state index < -0.39 is 15.9 Å². The summed E-state index contributed by atoms with van der Waals surface area (Å²) >= 11 is 0. The van der Waals surface area contributed by atoms with Crippen LogP contribution in [-0.4, -0.2) is 40.9 Å². The minimum atomic E-state index is -3.37. The number of benzene rings is 2. The van der Waals surface area contributed by atoms with Gasteiger partial charge in [0.2, 0.25) is 15.9 Å². The van der Waals surface area contributed by atoms with Crippen molar-refractivity contribution in [1.82, 2.24) is 9.13 Å². The average molecular weight is 445 g/mol. The third kappa shape index (κ3) is 3.90. The van der Waals surface area contributed by atoms with E-state index in [2.05, 4.69) is 5.32 Å². The number of imidazole rings is 1. The molecule has 4 rings (SSSR count). The number of sulfonamides is 1. The Balaban J connectivity index is 1.52. The van der Waals surface area contributed by atoms with E-state index in [-0.39, 0.29) is 35.8 Å². The Bertz CT molecular complexity index is 1310. The number of hydrogen-bond acceptors (Lipinski definition) is 5. The molecule has 2 heterocycles. The zero-order chi connectivity index (χ0) is 22.2. The van der Waals surface area contributed by atoms with E-state index in [0.717, 1.165) is 11.0 Å². The maximum absolute atomic E-state index is 12.7. The van der Waals surface area contributed by atoms with E-state index in [4.69, 9.17) is 0 Å². The molecule has 1 fully saturated rings. The van der Waals surface area contributed by atoms with E-state index in [1.54, 1.807) is 9.13 Å². The molecule has 0 atom stereocenters. The standard InChI is InChI=1S/C21H24N4O5S/c1-2-23-17-6-3-4-7-18(17)24(21(23)28)12-10-20(27)22-16-14-15(8-9-19(16)26)25-11-5-13-31(25,29)30/h3-4,6-9,14,26H,2,5,10-13H2,1H3,(H,22,27). The predicted octanol–water partition coefficient (Wildman–Crippen LogP) is 2.10. The van der Waals surface area contributed by atoms with Gasteiger partial charge in [-0.2, -0.15) is 0 Å². The molecular formula is C21H24N4O5S. The van der Waals surface area contributed by atoms with Crippen molar-refractivity contribution in [3.63, 3.8) is 0 Å². The number of phenolic OH excluding ortho intramolecular Hbond substituents is 1. The van der Waals surface area contributed by atoms with Crippen LogP contribution in [0.4, 0.5) is 11.4 Å². The van der Waals surface area contributed by atoms with Crippen LogP contribution in [0.25, 0.3) is 11.0 Å². The van der Waals surface area contributed by atoms with Crippen LogP contribution in [0.5, 0.6) is 5.75 Å². The molecule has 1 aliphatic heterocycles. The molecule has 164 valence electrons. The number of aromatic hydroxyl groups is 1. The predicted molar refractivity (Wildman–Crippen MR) is 119 cm³/mol. The molecule has 1 aromatic heterocycles. The summed E-state index contributed by atoms with van der Waals surface area (Å²) in [7, 11) is -3.37. The second kappa shape index (κ2) is 8.10. The lowest BCUT2D eigenvalue weighted by Gasteiger charge is -2.18. The topological polar surface area (TPSA) is 114 Å². The number of carbonyl (C=O) groups excluding carboxylic acids is 1. The summed E-state index contributed by atoms with van der Waals surface area (Å²) in [6, 6.07) is 11.7. The van der Waals surface area contributed by atoms with Crippen LogP contribution in [0.1, 0.15) is 19.8 Å². The van der Waals surface area contributed by atoms with Crippen LogP contribution in [-0.2, 0) is 27.9 Å². The van der Waals surface area contributed by atoms with Gasteiger partial charge in [-0.1, -0.05) is 12.1 Å². The van der Waals surface area contributed by atoms with Crippen LogP contribution in [0, 0.1) is 0 Å². The number of amides is 1. The Hall–Kier alpha value is -3.27. The highest BCUT2D eigenvalue weighted by Crippen LogP contribution is 2.32. The molecule has 1 amide bonds. The van der Waals surface area contributed by atoms with Crippen molar-refractivity contribution < 1.29 is 18.3 Å². The highest BCUT2D eigenvalue weighted by molar-refractivity contribution is 7.93. The summed E-state index contributed by atoms with van der Waals surface area (Å²) in [4.78, 5) is 25.2. The van der Waals surface area contributed by atoms with Crippen LogP contribution in [0.2, 0.25) is 0 Å². The molecule has 0 unspecified atom stereocenters. The fourth-order valence-electron chi connectivity index (χ4n) is 3.93. The van der Waals surface area contributed by atoms with Gasteiger partial charge in [0.1, 0.15) is 5.75 Å². The zero-order valence-corrected chi connectivity index (χ0v) is 17.9. The summed E-state index contributed by atoms with van der Waals surface area (Å²) in [5, 5.41) is 12.7. The number of phenols is 1. The van der Waals surface area contributed by atoms with Crippen molar-refractivity contribution in [3.05, 3.63) is 52.9 Å². The maximum Gasteiger partial charge on any atom is 0.329 e. The van der Waals surface area contributed by atoms with Gasteiger partial charge in [0, 0.05) is 26.1 Å². The summed E-state index contributed by atoms with van der Waals surface area (Å²) in [5.74, 6) is -0.471. The van der Waals surface area contributed by atoms with Gasteiger partial charge in [-0.3, -0.25) is 18.2 Å². The largest absolute Gasteiger partial charge is 0.506 e. The molecule has 10 heteroatoms. The molecule has 2 N–H and O–H groups in total. The lowest BCUT2D eigenvalue weighted by Crippen LogP contribution is -2.26. The Morgan fingerprint density at radius 2 is 1.84 bits per heavy atom. The van der Waals surface area contributed by atoms with Gasteiger partial charge in [0.15, 0.2) is 0 Å². The third-order valence-electron chi connectivity index (χ3n) is 5.45. The second-order valence-corrected chi connectivity index (χ2v) is 9.42. The van der Waals surface area contributed by atoms with Gasteiger partial charge in [-0.05, 0) is 43.7 Å². The normalized spacial score (nSPS) is 15.5. The van der Waals surface area contributed by atoms with Gasteiger partial charge in [0.25, 0.3) is 0 Å². The molecule has 0 saturated carbocycles. The molecule has 31 heavy (non-hydrogen) atoms. The van der Waals surface area contributed by atoms with Crippen LogP contribution >= 0.6 is 0 Å². The summed E-state index contributed by atoms with van der Waals surface area (Å²) in [5.41, 5.74) is 1.92. The second-order valence-electron chi connectivity index (χ2n) is 7.41. The number of nitrogens with one attached hydrogen (secondary N) is 1. The first-order chi connectivity index (χ1) is 14.8. The molecule has 9 nitrogen and oxygen atoms in total. The number of rotatable bonds is 6. The molecule has 1 aliphatic rings. The first-order valence-corrected chi connectivity index (χ1v) is 11.7. The Labute approximate surface area is 179 Å². The van der Waals surface area contributed by atoms with Crippen molar-refractivity contribution in [2.75, 3.05) is 21.9 Å². The third-order valence-corrected chi connectivity index (χ3v) is 7.31. The van der Waals surface area contributed by atoms with Crippen molar-refractivity contribution >= 4 is 38.3 Å². The van der Waals surface area contributed by atoms with E-state index >= 15 is 0 Å².